The van der Waals surface area contributed by atoms with Gasteiger partial charge in [-0.25, -0.2) is 0 Å². The van der Waals surface area contributed by atoms with Gasteiger partial charge in [-0.3, -0.25) is 4.79 Å². The van der Waals surface area contributed by atoms with E-state index in [1.807, 2.05) is 0 Å². The van der Waals surface area contributed by atoms with Crippen molar-refractivity contribution in [1.82, 2.24) is 5.32 Å². The standard InChI is InChI=1S/C11H14ClNO3/c1-7-3-2-4-9(10(7)12)11(16)13-8(5-14)6-15/h2-4,8,14-15H,5-6H2,1H3,(H,13,16). The molecule has 1 rings (SSSR count). The van der Waals surface area contributed by atoms with E-state index >= 15 is 0 Å². The second-order valence-electron chi connectivity index (χ2n) is 3.47. The van der Waals surface area contributed by atoms with Gasteiger partial charge in [0.1, 0.15) is 0 Å². The number of aliphatic hydroxyl groups is 2. The first-order valence-electron chi connectivity index (χ1n) is 4.87. The molecule has 1 amide bonds. The molecule has 3 N–H and O–H groups in total. The number of amides is 1. The minimum absolute atomic E-state index is 0.314. The van der Waals surface area contributed by atoms with Crippen molar-refractivity contribution < 1.29 is 15.0 Å². The third kappa shape index (κ3) is 2.95. The fraction of sp³-hybridized carbons (Fsp3) is 0.364. The second-order valence-corrected chi connectivity index (χ2v) is 3.85. The van der Waals surface area contributed by atoms with E-state index in [0.717, 1.165) is 5.56 Å². The zero-order valence-corrected chi connectivity index (χ0v) is 9.66. The predicted molar refractivity (Wildman–Crippen MR) is 61.6 cm³/mol. The Bertz CT molecular complexity index is 377. The van der Waals surface area contributed by atoms with E-state index in [1.54, 1.807) is 25.1 Å². The van der Waals surface area contributed by atoms with Crippen LogP contribution in [0.25, 0.3) is 0 Å². The molecule has 0 heterocycles. The summed E-state index contributed by atoms with van der Waals surface area (Å²) in [5, 5.41) is 20.5. The molecule has 0 aliphatic heterocycles. The van der Waals surface area contributed by atoms with E-state index in [0.29, 0.717) is 10.6 Å². The molecule has 0 spiro atoms. The smallest absolute Gasteiger partial charge is 0.253 e. The maximum absolute atomic E-state index is 11.7. The number of aryl methyl sites for hydroxylation is 1. The molecule has 16 heavy (non-hydrogen) atoms. The molecule has 0 atom stereocenters. The molecule has 0 fully saturated rings. The van der Waals surface area contributed by atoms with Crippen LogP contribution < -0.4 is 5.32 Å². The number of hydrogen-bond donors (Lipinski definition) is 3. The highest BCUT2D eigenvalue weighted by Gasteiger charge is 2.15. The average molecular weight is 244 g/mol. The Balaban J connectivity index is 2.84. The van der Waals surface area contributed by atoms with Crippen molar-refractivity contribution in [2.45, 2.75) is 13.0 Å². The van der Waals surface area contributed by atoms with E-state index in [4.69, 9.17) is 21.8 Å². The molecule has 1 aromatic carbocycles. The van der Waals surface area contributed by atoms with Crippen LogP contribution in [0.3, 0.4) is 0 Å². The SMILES string of the molecule is Cc1cccc(C(=O)NC(CO)CO)c1Cl. The van der Waals surface area contributed by atoms with Crippen LogP contribution >= 0.6 is 11.6 Å². The molecule has 4 nitrogen and oxygen atoms in total. The van der Waals surface area contributed by atoms with Gasteiger partial charge in [0.25, 0.3) is 5.91 Å². The Morgan fingerprint density at radius 2 is 2.06 bits per heavy atom. The van der Waals surface area contributed by atoms with Gasteiger partial charge in [0.2, 0.25) is 0 Å². The van der Waals surface area contributed by atoms with Gasteiger partial charge < -0.3 is 15.5 Å². The molecule has 0 aliphatic carbocycles. The molecular formula is C11H14ClNO3. The molecule has 1 aromatic rings. The third-order valence-electron chi connectivity index (χ3n) is 2.21. The van der Waals surface area contributed by atoms with Crippen molar-refractivity contribution in [2.75, 3.05) is 13.2 Å². The highest BCUT2D eigenvalue weighted by molar-refractivity contribution is 6.34. The van der Waals surface area contributed by atoms with Crippen LogP contribution in [0.1, 0.15) is 15.9 Å². The maximum atomic E-state index is 11.7. The largest absolute Gasteiger partial charge is 0.394 e. The lowest BCUT2D eigenvalue weighted by Gasteiger charge is -2.14. The van der Waals surface area contributed by atoms with Gasteiger partial charge in [0.15, 0.2) is 0 Å². The summed E-state index contributed by atoms with van der Waals surface area (Å²) in [5.41, 5.74) is 1.15. The van der Waals surface area contributed by atoms with E-state index in [1.165, 1.54) is 0 Å². The number of nitrogens with one attached hydrogen (secondary N) is 1. The summed E-state index contributed by atoms with van der Waals surface area (Å²) < 4.78 is 0. The van der Waals surface area contributed by atoms with Crippen LogP contribution in [0.5, 0.6) is 0 Å². The highest BCUT2D eigenvalue weighted by atomic mass is 35.5. The van der Waals surface area contributed by atoms with Crippen LogP contribution in [0, 0.1) is 6.92 Å². The van der Waals surface area contributed by atoms with Crippen LogP contribution in [0.15, 0.2) is 18.2 Å². The molecule has 0 bridgehead atoms. The van der Waals surface area contributed by atoms with Crippen LogP contribution in [-0.4, -0.2) is 35.4 Å². The lowest BCUT2D eigenvalue weighted by molar-refractivity contribution is 0.0879. The molecule has 0 unspecified atom stereocenters. The molecule has 88 valence electrons. The van der Waals surface area contributed by atoms with Crippen molar-refractivity contribution in [3.8, 4) is 0 Å². The predicted octanol–water partition coefficient (Wildman–Crippen LogP) is 0.731. The second kappa shape index (κ2) is 5.84. The Hall–Kier alpha value is -1.10. The van der Waals surface area contributed by atoms with Crippen LogP contribution in [0.4, 0.5) is 0 Å². The number of benzene rings is 1. The minimum Gasteiger partial charge on any atom is -0.394 e. The van der Waals surface area contributed by atoms with E-state index in [9.17, 15) is 4.79 Å². The number of halogens is 1. The topological polar surface area (TPSA) is 69.6 Å². The summed E-state index contributed by atoms with van der Waals surface area (Å²) >= 11 is 5.97. The van der Waals surface area contributed by atoms with Gasteiger partial charge in [-0.05, 0) is 18.6 Å². The lowest BCUT2D eigenvalue weighted by Crippen LogP contribution is -2.40. The molecule has 0 saturated carbocycles. The molecule has 0 saturated heterocycles. The average Bonchev–Trinajstić information content (AvgIpc) is 2.29. The first-order valence-corrected chi connectivity index (χ1v) is 5.25. The molecule has 5 heteroatoms. The van der Waals surface area contributed by atoms with Crippen LogP contribution in [-0.2, 0) is 0 Å². The number of rotatable bonds is 4. The van der Waals surface area contributed by atoms with Gasteiger partial charge in [0, 0.05) is 0 Å². The first-order chi connectivity index (χ1) is 7.60. The van der Waals surface area contributed by atoms with Crippen molar-refractivity contribution in [1.29, 1.82) is 0 Å². The van der Waals surface area contributed by atoms with Gasteiger partial charge >= 0.3 is 0 Å². The van der Waals surface area contributed by atoms with E-state index < -0.39 is 11.9 Å². The monoisotopic (exact) mass is 243 g/mol. The molecule has 0 aliphatic rings. The fourth-order valence-corrected chi connectivity index (χ4v) is 1.45. The summed E-state index contributed by atoms with van der Waals surface area (Å²) in [6.45, 7) is 1.17. The molecule has 0 radical (unpaired) electrons. The van der Waals surface area contributed by atoms with Crippen molar-refractivity contribution >= 4 is 17.5 Å². The number of hydrogen-bond acceptors (Lipinski definition) is 3. The Kier molecular flexibility index (Phi) is 4.73. The van der Waals surface area contributed by atoms with E-state index in [-0.39, 0.29) is 13.2 Å². The maximum Gasteiger partial charge on any atom is 0.253 e. The lowest BCUT2D eigenvalue weighted by atomic mass is 10.1. The van der Waals surface area contributed by atoms with Gasteiger partial charge in [-0.15, -0.1) is 0 Å². The van der Waals surface area contributed by atoms with Gasteiger partial charge in [-0.2, -0.15) is 0 Å². The third-order valence-corrected chi connectivity index (χ3v) is 2.71. The summed E-state index contributed by atoms with van der Waals surface area (Å²) in [7, 11) is 0. The fourth-order valence-electron chi connectivity index (χ4n) is 1.23. The van der Waals surface area contributed by atoms with Gasteiger partial charge in [0.05, 0.1) is 29.8 Å². The highest BCUT2D eigenvalue weighted by Crippen LogP contribution is 2.20. The zero-order chi connectivity index (χ0) is 12.1. The number of carbonyl (C=O) groups is 1. The molecular weight excluding hydrogens is 230 g/mol. The quantitative estimate of drug-likeness (QED) is 0.730. The van der Waals surface area contributed by atoms with Crippen molar-refractivity contribution in [2.24, 2.45) is 0 Å². The summed E-state index contributed by atoms with van der Waals surface area (Å²) in [6.07, 6.45) is 0. The normalized spacial score (nSPS) is 10.6. The Morgan fingerprint density at radius 1 is 1.44 bits per heavy atom. The Morgan fingerprint density at radius 3 is 2.62 bits per heavy atom. The van der Waals surface area contributed by atoms with Crippen LogP contribution in [0.2, 0.25) is 5.02 Å². The summed E-state index contributed by atoms with van der Waals surface area (Å²) in [4.78, 5) is 11.7. The zero-order valence-electron chi connectivity index (χ0n) is 8.90. The Labute approximate surface area is 98.9 Å². The number of aliphatic hydroxyl groups excluding tert-OH is 2. The number of carbonyl (C=O) groups excluding carboxylic acids is 1. The van der Waals surface area contributed by atoms with Gasteiger partial charge in [-0.1, -0.05) is 23.7 Å². The summed E-state index contributed by atoms with van der Waals surface area (Å²) in [5.74, 6) is -0.401. The first kappa shape index (κ1) is 13.0. The van der Waals surface area contributed by atoms with E-state index in [2.05, 4.69) is 5.32 Å². The molecule has 0 aromatic heterocycles. The van der Waals surface area contributed by atoms with Crippen molar-refractivity contribution in [3.63, 3.8) is 0 Å². The van der Waals surface area contributed by atoms with Crippen molar-refractivity contribution in [3.05, 3.63) is 34.3 Å². The minimum atomic E-state index is -0.663. The summed E-state index contributed by atoms with van der Waals surface area (Å²) in [6, 6.07) is 4.46.